The van der Waals surface area contributed by atoms with Gasteiger partial charge in [-0.1, -0.05) is 38.5 Å². The van der Waals surface area contributed by atoms with Crippen LogP contribution in [-0.2, 0) is 32.4 Å². The first kappa shape index (κ1) is 39.3. The zero-order valence-electron chi connectivity index (χ0n) is 29.8. The van der Waals surface area contributed by atoms with Gasteiger partial charge in [0.25, 0.3) is 0 Å². The minimum absolute atomic E-state index is 0.0929. The first-order chi connectivity index (χ1) is 24.1. The number of nitrogens with one attached hydrogen (secondary N) is 4. The fraction of sp³-hybridized carbons (Fsp3) is 0.421. The molecule has 0 spiro atoms. The SMILES string of the molecule is C=CC1=C(/C=C\C)CC(CNc2cc(OCc3cc(CO)cc(NC(=O)C(C)NC(=O)CNC(=O)CCCCC)c3)c(OC)cc2C)N1C=O. The van der Waals surface area contributed by atoms with Crippen LogP contribution in [0.3, 0.4) is 0 Å². The summed E-state index contributed by atoms with van der Waals surface area (Å²) in [6, 6.07) is 7.88. The molecule has 0 bridgehead atoms. The molecule has 12 nitrogen and oxygen atoms in total. The van der Waals surface area contributed by atoms with Crippen molar-refractivity contribution in [2.45, 2.75) is 85.1 Å². The van der Waals surface area contributed by atoms with E-state index in [4.69, 9.17) is 9.47 Å². The van der Waals surface area contributed by atoms with E-state index < -0.39 is 17.9 Å². The first-order valence-corrected chi connectivity index (χ1v) is 16.9. The van der Waals surface area contributed by atoms with Crippen molar-refractivity contribution in [1.29, 1.82) is 0 Å². The van der Waals surface area contributed by atoms with Crippen LogP contribution in [-0.4, -0.2) is 66.4 Å². The van der Waals surface area contributed by atoms with Crippen LogP contribution < -0.4 is 30.7 Å². The zero-order chi connectivity index (χ0) is 36.6. The number of aliphatic hydroxyl groups excluding tert-OH is 1. The van der Waals surface area contributed by atoms with Crippen molar-refractivity contribution < 1.29 is 33.8 Å². The summed E-state index contributed by atoms with van der Waals surface area (Å²) in [4.78, 5) is 50.8. The quantitative estimate of drug-likeness (QED) is 0.0973. The Hall–Kier alpha value is -5.10. The second-order valence-electron chi connectivity index (χ2n) is 12.2. The molecule has 270 valence electrons. The molecule has 50 heavy (non-hydrogen) atoms. The first-order valence-electron chi connectivity index (χ1n) is 16.9. The summed E-state index contributed by atoms with van der Waals surface area (Å²) < 4.78 is 11.8. The third kappa shape index (κ3) is 11.2. The van der Waals surface area contributed by atoms with Gasteiger partial charge in [-0.05, 0) is 86.2 Å². The van der Waals surface area contributed by atoms with E-state index in [9.17, 15) is 24.3 Å². The molecule has 1 aliphatic heterocycles. The molecule has 5 N–H and O–H groups in total. The number of carbonyl (C=O) groups is 4. The lowest BCUT2D eigenvalue weighted by Crippen LogP contribution is -2.45. The zero-order valence-corrected chi connectivity index (χ0v) is 29.8. The maximum absolute atomic E-state index is 12.9. The molecule has 2 aromatic rings. The Morgan fingerprint density at radius 1 is 1.10 bits per heavy atom. The molecule has 2 atom stereocenters. The molecular formula is C38H51N5O7. The van der Waals surface area contributed by atoms with Crippen LogP contribution in [0.4, 0.5) is 11.4 Å². The number of benzene rings is 2. The van der Waals surface area contributed by atoms with Crippen molar-refractivity contribution in [2.24, 2.45) is 0 Å². The van der Waals surface area contributed by atoms with Gasteiger partial charge in [-0.25, -0.2) is 0 Å². The normalized spacial score (nSPS) is 14.7. The van der Waals surface area contributed by atoms with E-state index in [0.29, 0.717) is 47.7 Å². The topological polar surface area (TPSA) is 158 Å². The summed E-state index contributed by atoms with van der Waals surface area (Å²) in [7, 11) is 1.56. The molecule has 12 heteroatoms. The largest absolute Gasteiger partial charge is 0.493 e. The smallest absolute Gasteiger partial charge is 0.246 e. The Bertz CT molecular complexity index is 1590. The van der Waals surface area contributed by atoms with Crippen LogP contribution in [0.2, 0.25) is 0 Å². The Morgan fingerprint density at radius 3 is 2.52 bits per heavy atom. The standard InChI is InChI=1S/C38H51N5O7/c1-7-10-11-13-36(46)40-21-37(47)41-26(5)38(48)42-30-16-27(22-44)15-28(17-30)23-50-35-19-32(25(4)14-34(35)49-6)39-20-31-18-29(12-8-2)33(9-3)43(31)24-45/h8-9,12,14-17,19,24,26,31,39,44H,3,7,10-11,13,18,20-23H2,1-2,4-6H3,(H,40,46)(H,41,47)(H,42,48)/b12-8-. The minimum Gasteiger partial charge on any atom is -0.493 e. The molecule has 0 saturated carbocycles. The van der Waals surface area contributed by atoms with Crippen LogP contribution >= 0.6 is 0 Å². The molecule has 4 amide bonds. The van der Waals surface area contributed by atoms with Gasteiger partial charge in [0, 0.05) is 36.1 Å². The van der Waals surface area contributed by atoms with E-state index in [-0.39, 0.29) is 31.7 Å². The van der Waals surface area contributed by atoms with Gasteiger partial charge in [0.05, 0.1) is 26.3 Å². The van der Waals surface area contributed by atoms with Crippen molar-refractivity contribution in [2.75, 3.05) is 30.8 Å². The van der Waals surface area contributed by atoms with Gasteiger partial charge >= 0.3 is 0 Å². The molecule has 1 aliphatic rings. The summed E-state index contributed by atoms with van der Waals surface area (Å²) in [5, 5.41) is 21.3. The van der Waals surface area contributed by atoms with E-state index in [1.165, 1.54) is 0 Å². The number of methoxy groups -OCH3 is 1. The summed E-state index contributed by atoms with van der Waals surface area (Å²) in [6.07, 6.45) is 10.2. The number of aliphatic hydroxyl groups is 1. The molecule has 0 aliphatic carbocycles. The maximum Gasteiger partial charge on any atom is 0.246 e. The second-order valence-corrected chi connectivity index (χ2v) is 12.2. The Morgan fingerprint density at radius 2 is 1.86 bits per heavy atom. The van der Waals surface area contributed by atoms with Crippen molar-refractivity contribution in [3.05, 3.63) is 83.1 Å². The second kappa shape index (κ2) is 19.8. The van der Waals surface area contributed by atoms with Crippen molar-refractivity contribution >= 4 is 35.5 Å². The highest BCUT2D eigenvalue weighted by molar-refractivity contribution is 5.97. The molecule has 0 radical (unpaired) electrons. The minimum atomic E-state index is -0.878. The summed E-state index contributed by atoms with van der Waals surface area (Å²) in [6.45, 7) is 11.5. The number of hydrogen-bond acceptors (Lipinski definition) is 8. The summed E-state index contributed by atoms with van der Waals surface area (Å²) in [5.41, 5.74) is 5.26. The van der Waals surface area contributed by atoms with Gasteiger partial charge < -0.3 is 40.7 Å². The number of unbranched alkanes of at least 4 members (excludes halogenated alkanes) is 2. The average Bonchev–Trinajstić information content (AvgIpc) is 3.45. The van der Waals surface area contributed by atoms with Gasteiger partial charge in [0.2, 0.25) is 24.1 Å². The van der Waals surface area contributed by atoms with Crippen molar-refractivity contribution in [3.8, 4) is 11.5 Å². The highest BCUT2D eigenvalue weighted by Gasteiger charge is 2.29. The number of nitrogens with zero attached hydrogens (tertiary/aromatic N) is 1. The number of allylic oxidation sites excluding steroid dienone is 3. The number of carbonyl (C=O) groups excluding carboxylic acids is 4. The lowest BCUT2D eigenvalue weighted by Gasteiger charge is -2.24. The number of anilines is 2. The average molecular weight is 690 g/mol. The number of rotatable bonds is 20. The van der Waals surface area contributed by atoms with Gasteiger partial charge in [-0.2, -0.15) is 0 Å². The van der Waals surface area contributed by atoms with E-state index in [1.807, 2.05) is 45.1 Å². The fourth-order valence-electron chi connectivity index (χ4n) is 5.66. The number of aryl methyl sites for hydroxylation is 1. The molecule has 0 fully saturated rings. The van der Waals surface area contributed by atoms with Gasteiger partial charge in [-0.15, -0.1) is 0 Å². The Balaban J connectivity index is 1.65. The van der Waals surface area contributed by atoms with Crippen LogP contribution in [0.25, 0.3) is 0 Å². The monoisotopic (exact) mass is 689 g/mol. The van der Waals surface area contributed by atoms with E-state index in [2.05, 4.69) is 27.8 Å². The van der Waals surface area contributed by atoms with E-state index >= 15 is 0 Å². The van der Waals surface area contributed by atoms with Crippen molar-refractivity contribution in [3.63, 3.8) is 0 Å². The highest BCUT2D eigenvalue weighted by atomic mass is 16.5. The molecule has 1 heterocycles. The van der Waals surface area contributed by atoms with Gasteiger partial charge in [-0.3, -0.25) is 19.2 Å². The number of hydrogen-bond donors (Lipinski definition) is 5. The maximum atomic E-state index is 12.9. The van der Waals surface area contributed by atoms with Crippen LogP contribution in [0.15, 0.2) is 66.4 Å². The fourth-order valence-corrected chi connectivity index (χ4v) is 5.66. The lowest BCUT2D eigenvalue weighted by molar-refractivity contribution is -0.128. The summed E-state index contributed by atoms with van der Waals surface area (Å²) >= 11 is 0. The predicted molar refractivity (Wildman–Crippen MR) is 195 cm³/mol. The van der Waals surface area contributed by atoms with Gasteiger partial charge in [0.1, 0.15) is 12.6 Å². The van der Waals surface area contributed by atoms with Crippen molar-refractivity contribution in [1.82, 2.24) is 15.5 Å². The predicted octanol–water partition coefficient (Wildman–Crippen LogP) is 4.87. The Labute approximate surface area is 295 Å². The Kier molecular flexibility index (Phi) is 15.6. The molecule has 0 saturated heterocycles. The summed E-state index contributed by atoms with van der Waals surface area (Å²) in [5.74, 6) is -0.133. The number of amides is 4. The molecule has 2 aromatic carbocycles. The molecule has 2 unspecified atom stereocenters. The van der Waals surface area contributed by atoms with E-state index in [1.54, 1.807) is 43.2 Å². The molecule has 0 aromatic heterocycles. The third-order valence-corrected chi connectivity index (χ3v) is 8.29. The van der Waals surface area contributed by atoms with E-state index in [0.717, 1.165) is 48.2 Å². The number of ether oxygens (including phenoxy) is 2. The lowest BCUT2D eigenvalue weighted by atomic mass is 10.1. The molecule has 3 rings (SSSR count). The van der Waals surface area contributed by atoms with Gasteiger partial charge in [0.15, 0.2) is 11.5 Å². The molecular weight excluding hydrogens is 638 g/mol. The van der Waals surface area contributed by atoms with Crippen LogP contribution in [0, 0.1) is 6.92 Å². The third-order valence-electron chi connectivity index (χ3n) is 8.29. The highest BCUT2D eigenvalue weighted by Crippen LogP contribution is 2.35. The van der Waals surface area contributed by atoms with Crippen LogP contribution in [0.1, 0.15) is 69.6 Å². The van der Waals surface area contributed by atoms with Crippen LogP contribution in [0.5, 0.6) is 11.5 Å².